The molecule has 1 aromatic heterocycles. The van der Waals surface area contributed by atoms with Gasteiger partial charge in [0.1, 0.15) is 5.56 Å². The highest BCUT2D eigenvalue weighted by molar-refractivity contribution is 5.94. The van der Waals surface area contributed by atoms with Crippen molar-refractivity contribution in [2.45, 2.75) is 6.92 Å². The van der Waals surface area contributed by atoms with Crippen LogP contribution in [0, 0.1) is 6.92 Å². The number of anilines is 1. The van der Waals surface area contributed by atoms with Crippen LogP contribution in [0.5, 0.6) is 0 Å². The lowest BCUT2D eigenvalue weighted by molar-refractivity contribution is 0.0697. The quantitative estimate of drug-likeness (QED) is 0.641. The first-order chi connectivity index (χ1) is 8.10. The van der Waals surface area contributed by atoms with E-state index in [-0.39, 0.29) is 31.9 Å². The monoisotopic (exact) mass is 240 g/mol. The fraction of sp³-hybridized carbons (Fsp3) is 0.455. The maximum Gasteiger partial charge on any atom is 0.339 e. The first-order valence-electron chi connectivity index (χ1n) is 5.26. The largest absolute Gasteiger partial charge is 0.478 e. The summed E-state index contributed by atoms with van der Waals surface area (Å²) in [5.74, 6) is -1.08. The average molecular weight is 240 g/mol. The highest BCUT2D eigenvalue weighted by atomic mass is 16.4. The second kappa shape index (κ2) is 6.17. The zero-order valence-electron chi connectivity index (χ0n) is 9.63. The van der Waals surface area contributed by atoms with E-state index in [4.69, 9.17) is 15.3 Å². The summed E-state index contributed by atoms with van der Waals surface area (Å²) in [5.41, 5.74) is 1.22. The molecule has 0 radical (unpaired) electrons. The molecule has 1 heterocycles. The molecule has 0 saturated heterocycles. The third-order valence-corrected chi connectivity index (χ3v) is 2.33. The maximum absolute atomic E-state index is 11.1. The van der Waals surface area contributed by atoms with Gasteiger partial charge in [0.15, 0.2) is 0 Å². The average Bonchev–Trinajstić information content (AvgIpc) is 2.28. The number of carboxylic acids is 1. The summed E-state index contributed by atoms with van der Waals surface area (Å²) in [7, 11) is 0. The summed E-state index contributed by atoms with van der Waals surface area (Å²) in [6.07, 6.45) is 1.29. The van der Waals surface area contributed by atoms with Gasteiger partial charge < -0.3 is 20.2 Å². The Labute approximate surface area is 99.1 Å². The molecule has 0 fully saturated rings. The second-order valence-corrected chi connectivity index (χ2v) is 3.58. The molecule has 0 amide bonds. The van der Waals surface area contributed by atoms with Gasteiger partial charge >= 0.3 is 5.97 Å². The van der Waals surface area contributed by atoms with Crippen LogP contribution in [-0.4, -0.2) is 52.6 Å². The predicted octanol–water partition coefficient (Wildman–Crippen LogP) is -0.121. The summed E-state index contributed by atoms with van der Waals surface area (Å²) in [5, 5.41) is 26.9. The number of aryl methyl sites for hydroxylation is 1. The number of aromatic nitrogens is 1. The van der Waals surface area contributed by atoms with Crippen molar-refractivity contribution >= 4 is 11.7 Å². The summed E-state index contributed by atoms with van der Waals surface area (Å²) in [6.45, 7) is 2.07. The van der Waals surface area contributed by atoms with Crippen LogP contribution >= 0.6 is 0 Å². The lowest BCUT2D eigenvalue weighted by atomic mass is 10.2. The summed E-state index contributed by atoms with van der Waals surface area (Å²) in [6, 6.07) is 1.63. The molecule has 17 heavy (non-hydrogen) atoms. The van der Waals surface area contributed by atoms with E-state index in [9.17, 15) is 4.79 Å². The van der Waals surface area contributed by atoms with Gasteiger partial charge in [0, 0.05) is 25.0 Å². The van der Waals surface area contributed by atoms with E-state index >= 15 is 0 Å². The van der Waals surface area contributed by atoms with Crippen LogP contribution in [0.2, 0.25) is 0 Å². The molecule has 3 N–H and O–H groups in total. The number of pyridine rings is 1. The fourth-order valence-electron chi connectivity index (χ4n) is 1.57. The van der Waals surface area contributed by atoms with Gasteiger partial charge in [-0.15, -0.1) is 0 Å². The highest BCUT2D eigenvalue weighted by Crippen LogP contribution is 2.20. The first kappa shape index (κ1) is 13.4. The number of aromatic carboxylic acids is 1. The number of hydrogen-bond donors (Lipinski definition) is 3. The summed E-state index contributed by atoms with van der Waals surface area (Å²) < 4.78 is 0. The van der Waals surface area contributed by atoms with Crippen molar-refractivity contribution in [3.8, 4) is 0 Å². The molecule has 0 spiro atoms. The molecular weight excluding hydrogens is 224 g/mol. The lowest BCUT2D eigenvalue weighted by Crippen LogP contribution is -2.31. The van der Waals surface area contributed by atoms with Crippen LogP contribution in [-0.2, 0) is 0 Å². The minimum Gasteiger partial charge on any atom is -0.478 e. The van der Waals surface area contributed by atoms with Gasteiger partial charge in [-0.25, -0.2) is 4.79 Å². The fourth-order valence-corrected chi connectivity index (χ4v) is 1.57. The van der Waals surface area contributed by atoms with Crippen LogP contribution in [0.3, 0.4) is 0 Å². The summed E-state index contributed by atoms with van der Waals surface area (Å²) >= 11 is 0. The number of hydrogen-bond acceptors (Lipinski definition) is 5. The van der Waals surface area contributed by atoms with Crippen LogP contribution in [0.1, 0.15) is 16.1 Å². The molecule has 0 unspecified atom stereocenters. The Morgan fingerprint density at radius 2 is 1.94 bits per heavy atom. The highest BCUT2D eigenvalue weighted by Gasteiger charge is 2.16. The van der Waals surface area contributed by atoms with Crippen molar-refractivity contribution in [1.29, 1.82) is 0 Å². The molecule has 0 aliphatic rings. The molecule has 0 saturated carbocycles. The Morgan fingerprint density at radius 1 is 1.35 bits per heavy atom. The van der Waals surface area contributed by atoms with Crippen LogP contribution in [0.15, 0.2) is 12.3 Å². The van der Waals surface area contributed by atoms with Gasteiger partial charge in [-0.1, -0.05) is 0 Å². The zero-order valence-corrected chi connectivity index (χ0v) is 9.63. The number of rotatable bonds is 6. The molecule has 0 aromatic carbocycles. The van der Waals surface area contributed by atoms with Gasteiger partial charge in [-0.05, 0) is 13.0 Å². The number of nitrogens with zero attached hydrogens (tertiary/aromatic N) is 2. The number of aliphatic hydroxyl groups excluding tert-OH is 2. The molecule has 0 aliphatic carbocycles. The maximum atomic E-state index is 11.1. The number of carbonyl (C=O) groups is 1. The Morgan fingerprint density at radius 3 is 2.41 bits per heavy atom. The Bertz CT molecular complexity index is 389. The van der Waals surface area contributed by atoms with Crippen molar-refractivity contribution in [1.82, 2.24) is 4.98 Å². The minimum absolute atomic E-state index is 0.0671. The van der Waals surface area contributed by atoms with E-state index in [1.807, 2.05) is 0 Å². The van der Waals surface area contributed by atoms with E-state index < -0.39 is 5.97 Å². The van der Waals surface area contributed by atoms with Gasteiger partial charge in [0.2, 0.25) is 0 Å². The van der Waals surface area contributed by atoms with Crippen molar-refractivity contribution in [2.24, 2.45) is 0 Å². The Hall–Kier alpha value is -1.66. The van der Waals surface area contributed by atoms with Crippen molar-refractivity contribution in [3.63, 3.8) is 0 Å². The number of aliphatic hydroxyl groups is 2. The van der Waals surface area contributed by atoms with Gasteiger partial charge in [0.05, 0.1) is 18.9 Å². The van der Waals surface area contributed by atoms with Crippen LogP contribution in [0.4, 0.5) is 5.69 Å². The van der Waals surface area contributed by atoms with Crippen molar-refractivity contribution < 1.29 is 20.1 Å². The molecule has 0 atom stereocenters. The topological polar surface area (TPSA) is 93.9 Å². The van der Waals surface area contributed by atoms with Crippen LogP contribution < -0.4 is 4.90 Å². The van der Waals surface area contributed by atoms with Gasteiger partial charge in [0.25, 0.3) is 0 Å². The lowest BCUT2D eigenvalue weighted by Gasteiger charge is -2.24. The van der Waals surface area contributed by atoms with Gasteiger partial charge in [-0.3, -0.25) is 4.98 Å². The molecule has 0 aliphatic heterocycles. The van der Waals surface area contributed by atoms with E-state index in [2.05, 4.69) is 4.98 Å². The SMILES string of the molecule is Cc1cc(N(CCO)CCO)c(C(=O)O)cn1. The van der Waals surface area contributed by atoms with E-state index in [0.717, 1.165) is 0 Å². The van der Waals surface area contributed by atoms with E-state index in [1.165, 1.54) is 6.20 Å². The van der Waals surface area contributed by atoms with Crippen LogP contribution in [0.25, 0.3) is 0 Å². The molecule has 6 heteroatoms. The predicted molar refractivity (Wildman–Crippen MR) is 62.3 cm³/mol. The molecule has 1 aromatic rings. The number of carboxylic acid groups (broad SMARTS) is 1. The van der Waals surface area contributed by atoms with Crippen molar-refractivity contribution in [3.05, 3.63) is 23.5 Å². The third-order valence-electron chi connectivity index (χ3n) is 2.33. The smallest absolute Gasteiger partial charge is 0.339 e. The van der Waals surface area contributed by atoms with E-state index in [1.54, 1.807) is 17.9 Å². The normalized spacial score (nSPS) is 10.3. The molecule has 94 valence electrons. The van der Waals surface area contributed by atoms with E-state index in [0.29, 0.717) is 11.4 Å². The zero-order chi connectivity index (χ0) is 12.8. The standard InChI is InChI=1S/C11H16N2O4/c1-8-6-10(9(7-12-8)11(16)17)13(2-4-14)3-5-15/h6-7,14-15H,2-5H2,1H3,(H,16,17). The summed E-state index contributed by atoms with van der Waals surface area (Å²) in [4.78, 5) is 16.6. The molecule has 1 rings (SSSR count). The van der Waals surface area contributed by atoms with Crippen molar-refractivity contribution in [2.75, 3.05) is 31.2 Å². The second-order valence-electron chi connectivity index (χ2n) is 3.58. The molecular formula is C11H16N2O4. The Kier molecular flexibility index (Phi) is 4.86. The Balaban J connectivity index is 3.14. The first-order valence-corrected chi connectivity index (χ1v) is 5.26. The molecule has 0 bridgehead atoms. The third kappa shape index (κ3) is 3.40. The minimum atomic E-state index is -1.08. The van der Waals surface area contributed by atoms with Gasteiger partial charge in [-0.2, -0.15) is 0 Å². The molecule has 6 nitrogen and oxygen atoms in total.